The summed E-state index contributed by atoms with van der Waals surface area (Å²) in [7, 11) is 1.43. The lowest BCUT2D eigenvalue weighted by atomic mass is 10.0. The second-order valence-corrected chi connectivity index (χ2v) is 8.19. The molecule has 0 unspecified atom stereocenters. The first kappa shape index (κ1) is 22.9. The van der Waals surface area contributed by atoms with Crippen LogP contribution in [-0.4, -0.2) is 38.2 Å². The van der Waals surface area contributed by atoms with Crippen LogP contribution in [0.1, 0.15) is 21.5 Å². The number of H-pyrrole nitrogens is 1. The van der Waals surface area contributed by atoms with E-state index in [-0.39, 0.29) is 12.1 Å². The number of aryl methyl sites for hydroxylation is 1. The smallest absolute Gasteiger partial charge is 0.255 e. The number of amides is 1. The number of nitrogens with zero attached hydrogens (tertiary/aromatic N) is 4. The second-order valence-electron chi connectivity index (χ2n) is 8.19. The molecule has 0 atom stereocenters. The van der Waals surface area contributed by atoms with Crippen LogP contribution in [0.3, 0.4) is 0 Å². The van der Waals surface area contributed by atoms with Gasteiger partial charge in [0.25, 0.3) is 5.91 Å². The van der Waals surface area contributed by atoms with E-state index >= 15 is 0 Å². The van der Waals surface area contributed by atoms with Crippen molar-refractivity contribution in [3.8, 4) is 28.4 Å². The molecular weight excluding hydrogens is 461 g/mol. The number of aromatic nitrogens is 5. The van der Waals surface area contributed by atoms with E-state index in [1.54, 1.807) is 18.6 Å². The number of carbonyl (C=O) groups is 1. The van der Waals surface area contributed by atoms with Crippen molar-refractivity contribution >= 4 is 22.6 Å². The van der Waals surface area contributed by atoms with Gasteiger partial charge in [-0.3, -0.25) is 14.9 Å². The maximum atomic E-state index is 13.6. The highest BCUT2D eigenvalue weighted by molar-refractivity contribution is 6.05. The molecule has 0 aliphatic carbocycles. The average molecular weight is 484 g/mol. The molecule has 0 saturated carbocycles. The average Bonchev–Trinajstić information content (AvgIpc) is 3.29. The van der Waals surface area contributed by atoms with Gasteiger partial charge < -0.3 is 15.8 Å². The van der Waals surface area contributed by atoms with Gasteiger partial charge in [0.05, 0.1) is 34.8 Å². The minimum absolute atomic E-state index is 0.133. The van der Waals surface area contributed by atoms with Crippen LogP contribution < -0.4 is 15.8 Å². The molecule has 0 bridgehead atoms. The summed E-state index contributed by atoms with van der Waals surface area (Å²) in [6.07, 6.45) is 5.17. The number of hydrogen-bond acceptors (Lipinski definition) is 7. The van der Waals surface area contributed by atoms with Crippen molar-refractivity contribution in [3.05, 3.63) is 83.6 Å². The zero-order valence-corrected chi connectivity index (χ0v) is 19.5. The van der Waals surface area contributed by atoms with Crippen LogP contribution in [0.5, 0.6) is 5.75 Å². The van der Waals surface area contributed by atoms with E-state index < -0.39 is 11.7 Å². The second kappa shape index (κ2) is 9.41. The lowest BCUT2D eigenvalue weighted by Gasteiger charge is -2.10. The third-order valence-electron chi connectivity index (χ3n) is 5.73. The molecule has 3 aromatic heterocycles. The third-order valence-corrected chi connectivity index (χ3v) is 5.73. The van der Waals surface area contributed by atoms with E-state index in [1.165, 1.54) is 19.2 Å². The van der Waals surface area contributed by atoms with Crippen molar-refractivity contribution in [1.29, 1.82) is 0 Å². The number of nitrogens with one attached hydrogen (secondary N) is 2. The third kappa shape index (κ3) is 4.31. The topological polar surface area (TPSA) is 132 Å². The standard InChI is InChI=1S/C26H22FN7O2/c1-14-10-30-25(31-11-14)19-13-29-22(21-23(19)33-34-24(21)28)16-5-3-15(4-6-16)12-32-26(35)18-9-17(27)7-8-20(18)36-2/h3-11,13H,12H2,1-2H3,(H,32,35)(H3,28,33,34). The van der Waals surface area contributed by atoms with Crippen molar-refractivity contribution in [2.75, 3.05) is 12.8 Å². The van der Waals surface area contributed by atoms with Crippen molar-refractivity contribution in [1.82, 2.24) is 30.5 Å². The summed E-state index contributed by atoms with van der Waals surface area (Å²) < 4.78 is 18.8. The van der Waals surface area contributed by atoms with Gasteiger partial charge >= 0.3 is 0 Å². The predicted molar refractivity (Wildman–Crippen MR) is 134 cm³/mol. The predicted octanol–water partition coefficient (Wildman–Crippen LogP) is 4.05. The molecule has 0 saturated heterocycles. The highest BCUT2D eigenvalue weighted by atomic mass is 19.1. The molecule has 5 rings (SSSR count). The number of carbonyl (C=O) groups excluding carboxylic acids is 1. The van der Waals surface area contributed by atoms with Gasteiger partial charge in [0, 0.05) is 30.7 Å². The SMILES string of the molecule is COc1ccc(F)cc1C(=O)NCc1ccc(-c2ncc(-c3ncc(C)cn3)c3[nH]nc(N)c23)cc1. The van der Waals surface area contributed by atoms with E-state index in [1.807, 2.05) is 31.2 Å². The fourth-order valence-corrected chi connectivity index (χ4v) is 3.88. The van der Waals surface area contributed by atoms with Crippen LogP contribution in [0, 0.1) is 12.7 Å². The van der Waals surface area contributed by atoms with E-state index in [0.717, 1.165) is 22.8 Å². The largest absolute Gasteiger partial charge is 0.496 e. The first-order valence-electron chi connectivity index (χ1n) is 11.1. The summed E-state index contributed by atoms with van der Waals surface area (Å²) in [5.74, 6) is 0.203. The molecule has 0 fully saturated rings. The Labute approximate surface area is 205 Å². The molecule has 0 spiro atoms. The van der Waals surface area contributed by atoms with Crippen molar-refractivity contribution in [3.63, 3.8) is 0 Å². The van der Waals surface area contributed by atoms with Gasteiger partial charge in [0.2, 0.25) is 0 Å². The Bertz CT molecular complexity index is 1560. The molecule has 3 heterocycles. The summed E-state index contributed by atoms with van der Waals surface area (Å²) in [6, 6.07) is 11.3. The van der Waals surface area contributed by atoms with Gasteiger partial charge in [-0.2, -0.15) is 5.10 Å². The highest BCUT2D eigenvalue weighted by Gasteiger charge is 2.18. The van der Waals surface area contributed by atoms with Gasteiger partial charge in [-0.1, -0.05) is 24.3 Å². The van der Waals surface area contributed by atoms with Crippen LogP contribution in [-0.2, 0) is 6.54 Å². The number of pyridine rings is 1. The fourth-order valence-electron chi connectivity index (χ4n) is 3.88. The fraction of sp³-hybridized carbons (Fsp3) is 0.115. The maximum Gasteiger partial charge on any atom is 0.255 e. The lowest BCUT2D eigenvalue weighted by molar-refractivity contribution is 0.0947. The quantitative estimate of drug-likeness (QED) is 0.332. The number of fused-ring (bicyclic) bond motifs is 1. The minimum atomic E-state index is -0.511. The number of methoxy groups -OCH3 is 1. The van der Waals surface area contributed by atoms with Crippen LogP contribution in [0.4, 0.5) is 10.2 Å². The monoisotopic (exact) mass is 483 g/mol. The van der Waals surface area contributed by atoms with Gasteiger partial charge in [0.1, 0.15) is 11.6 Å². The lowest BCUT2D eigenvalue weighted by Crippen LogP contribution is -2.23. The van der Waals surface area contributed by atoms with E-state index in [9.17, 15) is 9.18 Å². The van der Waals surface area contributed by atoms with Crippen molar-refractivity contribution < 1.29 is 13.9 Å². The number of anilines is 1. The molecule has 180 valence electrons. The molecule has 10 heteroatoms. The molecule has 0 radical (unpaired) electrons. The first-order chi connectivity index (χ1) is 17.4. The normalized spacial score (nSPS) is 11.0. The summed E-state index contributed by atoms with van der Waals surface area (Å²) in [5, 5.41) is 10.6. The number of halogens is 1. The van der Waals surface area contributed by atoms with Gasteiger partial charge in [-0.25, -0.2) is 14.4 Å². The Kier molecular flexibility index (Phi) is 5.99. The zero-order valence-electron chi connectivity index (χ0n) is 19.5. The number of nitrogens with two attached hydrogens (primary N) is 1. The molecule has 1 amide bonds. The summed E-state index contributed by atoms with van der Waals surface area (Å²) in [5.41, 5.74) is 11.0. The summed E-state index contributed by atoms with van der Waals surface area (Å²) in [4.78, 5) is 26.0. The summed E-state index contributed by atoms with van der Waals surface area (Å²) >= 11 is 0. The molecule has 2 aromatic carbocycles. The Hall–Kier alpha value is -4.86. The Balaban J connectivity index is 1.39. The molecular formula is C26H22FN7O2. The maximum absolute atomic E-state index is 13.6. The van der Waals surface area contributed by atoms with Crippen LogP contribution >= 0.6 is 0 Å². The van der Waals surface area contributed by atoms with Gasteiger partial charge in [-0.15, -0.1) is 0 Å². The molecule has 9 nitrogen and oxygen atoms in total. The van der Waals surface area contributed by atoms with E-state index in [0.29, 0.717) is 39.6 Å². The van der Waals surface area contributed by atoms with Crippen LogP contribution in [0.2, 0.25) is 0 Å². The molecule has 0 aliphatic heterocycles. The van der Waals surface area contributed by atoms with E-state index in [4.69, 9.17) is 10.5 Å². The number of hydrogen-bond donors (Lipinski definition) is 3. The number of rotatable bonds is 6. The number of benzene rings is 2. The number of aromatic amines is 1. The van der Waals surface area contributed by atoms with Crippen LogP contribution in [0.25, 0.3) is 33.5 Å². The number of ether oxygens (including phenoxy) is 1. The first-order valence-corrected chi connectivity index (χ1v) is 11.1. The van der Waals surface area contributed by atoms with Crippen molar-refractivity contribution in [2.45, 2.75) is 13.5 Å². The molecule has 5 aromatic rings. The van der Waals surface area contributed by atoms with E-state index in [2.05, 4.69) is 30.5 Å². The highest BCUT2D eigenvalue weighted by Crippen LogP contribution is 2.34. The summed E-state index contributed by atoms with van der Waals surface area (Å²) in [6.45, 7) is 2.17. The van der Waals surface area contributed by atoms with Gasteiger partial charge in [-0.05, 0) is 36.2 Å². The molecule has 36 heavy (non-hydrogen) atoms. The zero-order chi connectivity index (χ0) is 25.2. The Morgan fingerprint density at radius 1 is 1.08 bits per heavy atom. The number of nitrogen functional groups attached to an aromatic ring is 1. The Morgan fingerprint density at radius 2 is 1.83 bits per heavy atom. The minimum Gasteiger partial charge on any atom is -0.496 e. The van der Waals surface area contributed by atoms with Gasteiger partial charge in [0.15, 0.2) is 11.6 Å². The Morgan fingerprint density at radius 3 is 2.56 bits per heavy atom. The molecule has 4 N–H and O–H groups in total. The molecule has 0 aliphatic rings. The van der Waals surface area contributed by atoms with Crippen molar-refractivity contribution in [2.24, 2.45) is 0 Å². The van der Waals surface area contributed by atoms with Crippen LogP contribution in [0.15, 0.2) is 61.1 Å².